The Morgan fingerprint density at radius 1 is 0.708 bits per heavy atom. The van der Waals surface area contributed by atoms with Crippen LogP contribution >= 0.6 is 0 Å². The average Bonchev–Trinajstić information content (AvgIpc) is 2.97. The molecule has 0 atom stereocenters. The van der Waals surface area contributed by atoms with Crippen molar-refractivity contribution >= 4 is 11.4 Å². The molecule has 0 amide bonds. The fourth-order valence-corrected chi connectivity index (χ4v) is 4.34. The molecular weight excluding hydrogens is 290 g/mol. The molecule has 0 N–H and O–H groups in total. The van der Waals surface area contributed by atoms with E-state index in [0.29, 0.717) is 0 Å². The minimum absolute atomic E-state index is 1.05. The molecule has 1 aliphatic heterocycles. The van der Waals surface area contributed by atoms with Crippen LogP contribution in [0.5, 0.6) is 0 Å². The van der Waals surface area contributed by atoms with E-state index >= 15 is 0 Å². The highest BCUT2D eigenvalue weighted by atomic mass is 15.1. The van der Waals surface area contributed by atoms with Gasteiger partial charge in [0.1, 0.15) is 0 Å². The van der Waals surface area contributed by atoms with Crippen LogP contribution in [-0.2, 0) is 12.8 Å². The molecule has 0 spiro atoms. The van der Waals surface area contributed by atoms with E-state index in [0.717, 1.165) is 25.8 Å². The van der Waals surface area contributed by atoms with Gasteiger partial charge in [-0.1, -0.05) is 55.5 Å². The third-order valence-corrected chi connectivity index (χ3v) is 5.39. The molecule has 118 valence electrons. The maximum absolute atomic E-state index is 2.52. The molecule has 24 heavy (non-hydrogen) atoms. The van der Waals surface area contributed by atoms with E-state index in [-0.39, 0.29) is 0 Å². The first kappa shape index (κ1) is 13.9. The van der Waals surface area contributed by atoms with Crippen LogP contribution in [0, 0.1) is 0 Å². The lowest BCUT2D eigenvalue weighted by Crippen LogP contribution is -2.24. The number of benzene rings is 3. The molecule has 1 heteroatoms. The second kappa shape index (κ2) is 5.24. The Bertz CT molecular complexity index is 939. The molecule has 0 saturated carbocycles. The molecule has 5 rings (SSSR count). The average molecular weight is 311 g/mol. The summed E-state index contributed by atoms with van der Waals surface area (Å²) in [6, 6.07) is 22.6. The maximum Gasteiger partial charge on any atom is 0.0453 e. The van der Waals surface area contributed by atoms with Gasteiger partial charge in [0, 0.05) is 24.3 Å². The molecule has 0 radical (unpaired) electrons. The molecule has 3 aromatic carbocycles. The summed E-state index contributed by atoms with van der Waals surface area (Å²) < 4.78 is 0. The van der Waals surface area contributed by atoms with E-state index in [1.54, 1.807) is 0 Å². The molecule has 0 unspecified atom stereocenters. The van der Waals surface area contributed by atoms with Crippen LogP contribution in [0.2, 0.25) is 0 Å². The van der Waals surface area contributed by atoms with Crippen molar-refractivity contribution in [3.05, 3.63) is 82.9 Å². The van der Waals surface area contributed by atoms with Crippen LogP contribution in [0.15, 0.2) is 60.7 Å². The normalized spacial score (nSPS) is 14.0. The molecule has 3 aromatic rings. The van der Waals surface area contributed by atoms with Gasteiger partial charge in [0.15, 0.2) is 0 Å². The predicted octanol–water partition coefficient (Wildman–Crippen LogP) is 5.71. The molecule has 0 bridgehead atoms. The zero-order chi connectivity index (χ0) is 16.1. The van der Waals surface area contributed by atoms with Gasteiger partial charge >= 0.3 is 0 Å². The van der Waals surface area contributed by atoms with Crippen molar-refractivity contribution in [1.29, 1.82) is 0 Å². The fraction of sp³-hybridized carbons (Fsp3) is 0.217. The lowest BCUT2D eigenvalue weighted by atomic mass is 9.92. The Labute approximate surface area is 143 Å². The van der Waals surface area contributed by atoms with Crippen LogP contribution in [0.4, 0.5) is 11.4 Å². The lowest BCUT2D eigenvalue weighted by Gasteiger charge is -2.34. The highest BCUT2D eigenvalue weighted by Crippen LogP contribution is 2.45. The van der Waals surface area contributed by atoms with Gasteiger partial charge < -0.3 is 4.90 Å². The van der Waals surface area contributed by atoms with Crippen molar-refractivity contribution in [2.24, 2.45) is 0 Å². The fourth-order valence-electron chi connectivity index (χ4n) is 4.34. The molecule has 2 aliphatic rings. The Morgan fingerprint density at radius 2 is 1.46 bits per heavy atom. The van der Waals surface area contributed by atoms with Crippen LogP contribution < -0.4 is 4.90 Å². The first-order valence-corrected chi connectivity index (χ1v) is 8.94. The number of para-hydroxylation sites is 1. The second-order valence-electron chi connectivity index (χ2n) is 6.93. The standard InChI is InChI=1S/C23H21N/c1-2-11-24-22-10-6-4-8-17(22)13-19-14-18-12-16-7-3-5-9-20(16)21(18)15-23(19)24/h3-10,14-15H,2,11-13H2,1H3. The van der Waals surface area contributed by atoms with Gasteiger partial charge in [-0.25, -0.2) is 0 Å². The third kappa shape index (κ3) is 1.94. The van der Waals surface area contributed by atoms with Crippen LogP contribution in [0.1, 0.15) is 35.6 Å². The number of hydrogen-bond acceptors (Lipinski definition) is 1. The quantitative estimate of drug-likeness (QED) is 0.458. The first-order chi connectivity index (χ1) is 11.8. The zero-order valence-corrected chi connectivity index (χ0v) is 14.0. The first-order valence-electron chi connectivity index (χ1n) is 8.94. The van der Waals surface area contributed by atoms with Gasteiger partial charge in [-0.3, -0.25) is 0 Å². The molecule has 0 saturated heterocycles. The van der Waals surface area contributed by atoms with Crippen molar-refractivity contribution in [2.75, 3.05) is 11.4 Å². The van der Waals surface area contributed by atoms with E-state index in [2.05, 4.69) is 72.5 Å². The summed E-state index contributed by atoms with van der Waals surface area (Å²) in [5, 5.41) is 0. The highest BCUT2D eigenvalue weighted by Gasteiger charge is 2.26. The van der Waals surface area contributed by atoms with E-state index < -0.39 is 0 Å². The van der Waals surface area contributed by atoms with E-state index in [9.17, 15) is 0 Å². The molecule has 0 aromatic heterocycles. The predicted molar refractivity (Wildman–Crippen MR) is 101 cm³/mol. The van der Waals surface area contributed by atoms with Crippen molar-refractivity contribution in [2.45, 2.75) is 26.2 Å². The Kier molecular flexibility index (Phi) is 3.02. The number of anilines is 2. The van der Waals surface area contributed by atoms with Gasteiger partial charge in [-0.15, -0.1) is 0 Å². The van der Waals surface area contributed by atoms with Crippen molar-refractivity contribution in [3.8, 4) is 11.1 Å². The Hall–Kier alpha value is -2.54. The minimum Gasteiger partial charge on any atom is -0.341 e. The van der Waals surface area contributed by atoms with Crippen molar-refractivity contribution < 1.29 is 0 Å². The molecule has 1 nitrogen and oxygen atoms in total. The van der Waals surface area contributed by atoms with Gasteiger partial charge in [-0.2, -0.15) is 0 Å². The summed E-state index contributed by atoms with van der Waals surface area (Å²) in [4.78, 5) is 2.52. The van der Waals surface area contributed by atoms with Gasteiger partial charge in [0.25, 0.3) is 0 Å². The number of hydrogen-bond donors (Lipinski definition) is 0. The molecule has 0 fully saturated rings. The van der Waals surface area contributed by atoms with Crippen molar-refractivity contribution in [3.63, 3.8) is 0 Å². The highest BCUT2D eigenvalue weighted by molar-refractivity contribution is 5.84. The van der Waals surface area contributed by atoms with Crippen LogP contribution in [0.3, 0.4) is 0 Å². The topological polar surface area (TPSA) is 3.24 Å². The van der Waals surface area contributed by atoms with Crippen molar-refractivity contribution in [1.82, 2.24) is 0 Å². The number of nitrogens with zero attached hydrogens (tertiary/aromatic N) is 1. The Balaban J connectivity index is 1.70. The monoisotopic (exact) mass is 311 g/mol. The zero-order valence-electron chi connectivity index (χ0n) is 14.0. The smallest absolute Gasteiger partial charge is 0.0453 e. The molecule has 1 aliphatic carbocycles. The van der Waals surface area contributed by atoms with Crippen LogP contribution in [-0.4, -0.2) is 6.54 Å². The summed E-state index contributed by atoms with van der Waals surface area (Å²) >= 11 is 0. The molecule has 1 heterocycles. The van der Waals surface area contributed by atoms with E-state index in [1.807, 2.05) is 0 Å². The summed E-state index contributed by atoms with van der Waals surface area (Å²) in [5.74, 6) is 0. The summed E-state index contributed by atoms with van der Waals surface area (Å²) in [6.45, 7) is 3.34. The summed E-state index contributed by atoms with van der Waals surface area (Å²) in [6.07, 6.45) is 3.28. The lowest BCUT2D eigenvalue weighted by molar-refractivity contribution is 0.861. The van der Waals surface area contributed by atoms with Crippen LogP contribution in [0.25, 0.3) is 11.1 Å². The van der Waals surface area contributed by atoms with Gasteiger partial charge in [0.2, 0.25) is 0 Å². The van der Waals surface area contributed by atoms with E-state index in [1.165, 1.54) is 44.8 Å². The van der Waals surface area contributed by atoms with E-state index in [4.69, 9.17) is 0 Å². The van der Waals surface area contributed by atoms with Gasteiger partial charge in [-0.05, 0) is 58.4 Å². The minimum atomic E-state index is 1.05. The third-order valence-electron chi connectivity index (χ3n) is 5.39. The Morgan fingerprint density at radius 3 is 2.33 bits per heavy atom. The van der Waals surface area contributed by atoms with Gasteiger partial charge in [0.05, 0.1) is 0 Å². The second-order valence-corrected chi connectivity index (χ2v) is 6.93. The number of rotatable bonds is 2. The number of fused-ring (bicyclic) bond motifs is 5. The maximum atomic E-state index is 2.52. The summed E-state index contributed by atoms with van der Waals surface area (Å²) in [5.41, 5.74) is 11.5. The molecular formula is C23H21N. The SMILES string of the molecule is CCCN1c2ccccc2Cc2cc3c(cc21)-c1ccccc1C3. The largest absolute Gasteiger partial charge is 0.341 e. The summed E-state index contributed by atoms with van der Waals surface area (Å²) in [7, 11) is 0.